The number of hydrogen-bond donors (Lipinski definition) is 1. The molecular weight excluding hydrogens is 292 g/mol. The molecule has 3 aromatic rings. The molecule has 3 heteroatoms. The third-order valence-corrected chi connectivity index (χ3v) is 3.94. The molecule has 1 unspecified atom stereocenters. The van der Waals surface area contributed by atoms with E-state index in [0.29, 0.717) is 0 Å². The van der Waals surface area contributed by atoms with Crippen LogP contribution in [-0.2, 0) is 13.0 Å². The molecule has 0 radical (unpaired) electrons. The van der Waals surface area contributed by atoms with Gasteiger partial charge < -0.3 is 10.3 Å². The molecule has 0 fully saturated rings. The van der Waals surface area contributed by atoms with Gasteiger partial charge in [0.05, 0.1) is 0 Å². The van der Waals surface area contributed by atoms with Crippen molar-refractivity contribution in [2.24, 2.45) is 5.73 Å². The Kier molecular flexibility index (Phi) is 5.64. The summed E-state index contributed by atoms with van der Waals surface area (Å²) in [5.41, 5.74) is 9.95. The van der Waals surface area contributed by atoms with Crippen LogP contribution in [0.1, 0.15) is 24.5 Å². The SMILES string of the molecule is CC(N)CCc1cn(Cc2ccccc2)c2ccccc12.Cl. The van der Waals surface area contributed by atoms with E-state index in [9.17, 15) is 0 Å². The zero-order valence-electron chi connectivity index (χ0n) is 12.9. The van der Waals surface area contributed by atoms with E-state index in [-0.39, 0.29) is 18.4 Å². The Hall–Kier alpha value is -1.77. The first kappa shape index (κ1) is 16.6. The molecule has 0 bridgehead atoms. The van der Waals surface area contributed by atoms with Gasteiger partial charge in [-0.3, -0.25) is 0 Å². The van der Waals surface area contributed by atoms with Crippen molar-refractivity contribution in [2.45, 2.75) is 32.4 Å². The zero-order valence-corrected chi connectivity index (χ0v) is 13.7. The van der Waals surface area contributed by atoms with E-state index >= 15 is 0 Å². The molecule has 3 rings (SSSR count). The van der Waals surface area contributed by atoms with Gasteiger partial charge in [-0.15, -0.1) is 12.4 Å². The molecule has 0 aliphatic rings. The number of rotatable bonds is 5. The molecule has 0 spiro atoms. The van der Waals surface area contributed by atoms with E-state index in [2.05, 4.69) is 72.3 Å². The summed E-state index contributed by atoms with van der Waals surface area (Å²) in [6, 6.07) is 19.5. The third-order valence-electron chi connectivity index (χ3n) is 3.94. The first-order chi connectivity index (χ1) is 10.2. The number of fused-ring (bicyclic) bond motifs is 1. The van der Waals surface area contributed by atoms with Crippen LogP contribution in [0.25, 0.3) is 10.9 Å². The van der Waals surface area contributed by atoms with Gasteiger partial charge in [-0.05, 0) is 37.0 Å². The lowest BCUT2D eigenvalue weighted by molar-refractivity contribution is 0.666. The highest BCUT2D eigenvalue weighted by Gasteiger charge is 2.09. The molecule has 2 nitrogen and oxygen atoms in total. The van der Waals surface area contributed by atoms with Crippen molar-refractivity contribution in [1.82, 2.24) is 4.57 Å². The summed E-state index contributed by atoms with van der Waals surface area (Å²) in [6.45, 7) is 2.99. The largest absolute Gasteiger partial charge is 0.343 e. The molecule has 0 amide bonds. The first-order valence-electron chi connectivity index (χ1n) is 7.60. The van der Waals surface area contributed by atoms with Crippen LogP contribution in [0.5, 0.6) is 0 Å². The minimum Gasteiger partial charge on any atom is -0.343 e. The van der Waals surface area contributed by atoms with Gasteiger partial charge >= 0.3 is 0 Å². The number of hydrogen-bond acceptors (Lipinski definition) is 1. The minimum atomic E-state index is 0. The quantitative estimate of drug-likeness (QED) is 0.744. The monoisotopic (exact) mass is 314 g/mol. The molecule has 1 heterocycles. The third kappa shape index (κ3) is 3.70. The van der Waals surface area contributed by atoms with Gasteiger partial charge in [0.25, 0.3) is 0 Å². The highest BCUT2D eigenvalue weighted by atomic mass is 35.5. The van der Waals surface area contributed by atoms with Crippen molar-refractivity contribution < 1.29 is 0 Å². The van der Waals surface area contributed by atoms with Crippen LogP contribution in [0, 0.1) is 0 Å². The molecule has 1 aromatic heterocycles. The van der Waals surface area contributed by atoms with Crippen LogP contribution in [0.15, 0.2) is 60.8 Å². The molecule has 0 aliphatic carbocycles. The lowest BCUT2D eigenvalue weighted by Gasteiger charge is -2.05. The Labute approximate surface area is 138 Å². The van der Waals surface area contributed by atoms with E-state index < -0.39 is 0 Å². The van der Waals surface area contributed by atoms with E-state index in [0.717, 1.165) is 19.4 Å². The fourth-order valence-electron chi connectivity index (χ4n) is 2.82. The number of halogens is 1. The normalized spacial score (nSPS) is 12.1. The minimum absolute atomic E-state index is 0. The summed E-state index contributed by atoms with van der Waals surface area (Å²) in [6.07, 6.45) is 4.36. The van der Waals surface area contributed by atoms with Crippen molar-refractivity contribution in [3.05, 3.63) is 71.9 Å². The zero-order chi connectivity index (χ0) is 14.7. The molecule has 0 saturated heterocycles. The smallest absolute Gasteiger partial charge is 0.0486 e. The molecule has 22 heavy (non-hydrogen) atoms. The number of nitrogens with two attached hydrogens (primary N) is 1. The second-order valence-corrected chi connectivity index (χ2v) is 5.80. The molecule has 1 atom stereocenters. The molecule has 2 N–H and O–H groups in total. The van der Waals surface area contributed by atoms with Crippen molar-refractivity contribution in [2.75, 3.05) is 0 Å². The van der Waals surface area contributed by atoms with E-state index in [4.69, 9.17) is 5.73 Å². The van der Waals surface area contributed by atoms with E-state index in [1.165, 1.54) is 22.0 Å². The predicted molar refractivity (Wildman–Crippen MR) is 96.7 cm³/mol. The number of benzene rings is 2. The molecule has 116 valence electrons. The second-order valence-electron chi connectivity index (χ2n) is 5.80. The topological polar surface area (TPSA) is 30.9 Å². The Morgan fingerprint density at radius 3 is 2.41 bits per heavy atom. The maximum absolute atomic E-state index is 5.91. The van der Waals surface area contributed by atoms with Gasteiger partial charge in [0.2, 0.25) is 0 Å². The average Bonchev–Trinajstić information content (AvgIpc) is 2.85. The maximum Gasteiger partial charge on any atom is 0.0486 e. The van der Waals surface area contributed by atoms with Crippen molar-refractivity contribution >= 4 is 23.3 Å². The Morgan fingerprint density at radius 2 is 1.68 bits per heavy atom. The predicted octanol–water partition coefficient (Wildman–Crippen LogP) is 4.39. The highest BCUT2D eigenvalue weighted by Crippen LogP contribution is 2.23. The molecule has 0 aliphatic heterocycles. The van der Waals surface area contributed by atoms with Gasteiger partial charge in [0.15, 0.2) is 0 Å². The van der Waals surface area contributed by atoms with Crippen LogP contribution in [0.2, 0.25) is 0 Å². The number of aromatic nitrogens is 1. The Morgan fingerprint density at radius 1 is 1.00 bits per heavy atom. The van der Waals surface area contributed by atoms with E-state index in [1.807, 2.05) is 0 Å². The van der Waals surface area contributed by atoms with Crippen molar-refractivity contribution in [3.63, 3.8) is 0 Å². The number of nitrogens with zero attached hydrogens (tertiary/aromatic N) is 1. The maximum atomic E-state index is 5.91. The van der Waals surface area contributed by atoms with Crippen LogP contribution in [-0.4, -0.2) is 10.6 Å². The number of para-hydroxylation sites is 1. The van der Waals surface area contributed by atoms with Crippen molar-refractivity contribution in [1.29, 1.82) is 0 Å². The molecular formula is C19H23ClN2. The fraction of sp³-hybridized carbons (Fsp3) is 0.263. The van der Waals surface area contributed by atoms with Crippen LogP contribution >= 0.6 is 12.4 Å². The summed E-state index contributed by atoms with van der Waals surface area (Å²) < 4.78 is 2.35. The number of aryl methyl sites for hydroxylation is 1. The second kappa shape index (κ2) is 7.48. The lowest BCUT2D eigenvalue weighted by Crippen LogP contribution is -2.15. The molecule has 2 aromatic carbocycles. The molecule has 0 saturated carbocycles. The Balaban J connectivity index is 0.00000176. The van der Waals surface area contributed by atoms with E-state index in [1.54, 1.807) is 0 Å². The van der Waals surface area contributed by atoms with Gasteiger partial charge in [-0.25, -0.2) is 0 Å². The fourth-order valence-corrected chi connectivity index (χ4v) is 2.82. The van der Waals surface area contributed by atoms with Crippen LogP contribution in [0.4, 0.5) is 0 Å². The van der Waals surface area contributed by atoms with Crippen LogP contribution < -0.4 is 5.73 Å². The van der Waals surface area contributed by atoms with Gasteiger partial charge in [-0.1, -0.05) is 48.5 Å². The summed E-state index contributed by atoms with van der Waals surface area (Å²) >= 11 is 0. The Bertz CT molecular complexity index is 717. The van der Waals surface area contributed by atoms with Gasteiger partial charge in [0, 0.05) is 29.7 Å². The summed E-state index contributed by atoms with van der Waals surface area (Å²) in [7, 11) is 0. The average molecular weight is 315 g/mol. The summed E-state index contributed by atoms with van der Waals surface area (Å²) in [4.78, 5) is 0. The summed E-state index contributed by atoms with van der Waals surface area (Å²) in [5, 5.41) is 1.36. The first-order valence-corrected chi connectivity index (χ1v) is 7.60. The summed E-state index contributed by atoms with van der Waals surface area (Å²) in [5.74, 6) is 0. The van der Waals surface area contributed by atoms with Gasteiger partial charge in [-0.2, -0.15) is 0 Å². The standard InChI is InChI=1S/C19H22N2.ClH/c1-15(20)11-12-17-14-21(13-16-7-3-2-4-8-16)19-10-6-5-9-18(17)19;/h2-10,14-15H,11-13,20H2,1H3;1H. The lowest BCUT2D eigenvalue weighted by atomic mass is 10.1. The van der Waals surface area contributed by atoms with Crippen molar-refractivity contribution in [3.8, 4) is 0 Å². The van der Waals surface area contributed by atoms with Gasteiger partial charge in [0.1, 0.15) is 0 Å². The van der Waals surface area contributed by atoms with Crippen LogP contribution in [0.3, 0.4) is 0 Å². The highest BCUT2D eigenvalue weighted by molar-refractivity contribution is 5.85.